The summed E-state index contributed by atoms with van der Waals surface area (Å²) < 4.78 is 49.4. The number of ether oxygens (including phenoxy) is 2. The van der Waals surface area contributed by atoms with Gasteiger partial charge in [0.2, 0.25) is 0 Å². The monoisotopic (exact) mass is 736 g/mol. The van der Waals surface area contributed by atoms with Crippen LogP contribution in [0.2, 0.25) is 0 Å². The minimum Gasteiger partial charge on any atom is -0.396 e. The smallest absolute Gasteiger partial charge is 0.388 e. The van der Waals surface area contributed by atoms with Crippen molar-refractivity contribution in [3.8, 4) is 0 Å². The zero-order chi connectivity index (χ0) is 33.7. The Kier molecular flexibility index (Phi) is 9.73. The molecular weight excluding hydrogens is 706 g/mol. The van der Waals surface area contributed by atoms with E-state index in [-0.39, 0.29) is 35.8 Å². The highest BCUT2D eigenvalue weighted by Gasteiger charge is 2.48. The molecule has 4 aromatic heterocycles. The number of anilines is 2. The summed E-state index contributed by atoms with van der Waals surface area (Å²) in [6.07, 6.45) is -1.91. The molecule has 6 rings (SSSR count). The van der Waals surface area contributed by atoms with Crippen molar-refractivity contribution in [1.29, 1.82) is 0 Å². The minimum absolute atomic E-state index is 0.00113. The van der Waals surface area contributed by atoms with Gasteiger partial charge in [-0.05, 0) is 11.8 Å². The zero-order valence-electron chi connectivity index (χ0n) is 24.2. The number of nitrogen functional groups attached to an aromatic ring is 2. The molecule has 0 aliphatic carbocycles. The highest BCUT2D eigenvalue weighted by molar-refractivity contribution is 8.44. The van der Waals surface area contributed by atoms with Crippen molar-refractivity contribution >= 4 is 71.5 Å². The summed E-state index contributed by atoms with van der Waals surface area (Å²) in [5.74, 6) is -1.59. The average Bonchev–Trinajstić information content (AvgIpc) is 3.78. The number of hydrogen-bond acceptors (Lipinski definition) is 18. The van der Waals surface area contributed by atoms with E-state index < -0.39 is 75.2 Å². The maximum atomic E-state index is 13.5. The van der Waals surface area contributed by atoms with Gasteiger partial charge < -0.3 is 54.6 Å². The lowest BCUT2D eigenvalue weighted by atomic mass is 9.90. The SMILES string of the molecule is COP(O)(=S)OC[C@H]1O[C@@H](n2c(=O)[nH]c3c(N)ncnc32)C(COP(=O)(S)O[C@@H]2C[C@H](O)[C@H](n3cnc4c(N)ncnc43)O2)[C@@H]1CO. The van der Waals surface area contributed by atoms with Gasteiger partial charge in [-0.1, -0.05) is 12.2 Å². The predicted molar refractivity (Wildman–Crippen MR) is 168 cm³/mol. The molecule has 2 aliphatic heterocycles. The molecule has 9 atom stereocenters. The van der Waals surface area contributed by atoms with Gasteiger partial charge in [-0.25, -0.2) is 38.8 Å². The molecule has 0 radical (unpaired) electrons. The highest BCUT2D eigenvalue weighted by Crippen LogP contribution is 2.57. The number of hydrogen-bond donors (Lipinski definition) is 7. The Bertz CT molecular complexity index is 1930. The number of aliphatic hydroxyl groups excluding tert-OH is 2. The van der Waals surface area contributed by atoms with E-state index in [1.54, 1.807) is 0 Å². The molecule has 0 bridgehead atoms. The number of rotatable bonds is 12. The largest absolute Gasteiger partial charge is 0.396 e. The first-order valence-electron chi connectivity index (χ1n) is 13.7. The number of H-pyrrole nitrogens is 1. The fraction of sp³-hybridized carbons (Fsp3) is 0.545. The normalized spacial score (nSPS) is 29.0. The Morgan fingerprint density at radius 3 is 2.53 bits per heavy atom. The van der Waals surface area contributed by atoms with E-state index in [0.717, 1.165) is 10.9 Å². The Morgan fingerprint density at radius 2 is 1.81 bits per heavy atom. The van der Waals surface area contributed by atoms with Gasteiger partial charge in [0, 0.05) is 32.0 Å². The molecular formula is C22H30N10O11P2S2. The molecule has 0 aromatic carbocycles. The number of nitrogens with one attached hydrogen (secondary N) is 1. The number of thiol groups is 1. The Morgan fingerprint density at radius 1 is 1.09 bits per heavy atom. The fourth-order valence-electron chi connectivity index (χ4n) is 5.50. The topological polar surface area (TPSA) is 292 Å². The first kappa shape index (κ1) is 34.2. The average molecular weight is 737 g/mol. The molecule has 256 valence electrons. The number of fused-ring (bicyclic) bond motifs is 2. The molecule has 4 aromatic rings. The van der Waals surface area contributed by atoms with Crippen molar-refractivity contribution < 1.29 is 47.2 Å². The van der Waals surface area contributed by atoms with E-state index >= 15 is 0 Å². The van der Waals surface area contributed by atoms with Crippen molar-refractivity contribution in [3.05, 3.63) is 29.5 Å². The summed E-state index contributed by atoms with van der Waals surface area (Å²) >= 11 is 9.02. The van der Waals surface area contributed by atoms with E-state index in [2.05, 4.69) is 42.2 Å². The summed E-state index contributed by atoms with van der Waals surface area (Å²) in [4.78, 5) is 46.0. The third kappa shape index (κ3) is 6.81. The molecule has 21 nitrogen and oxygen atoms in total. The second-order valence-electron chi connectivity index (χ2n) is 10.5. The van der Waals surface area contributed by atoms with Crippen LogP contribution in [-0.4, -0.2) is 99.6 Å². The lowest BCUT2D eigenvalue weighted by molar-refractivity contribution is -0.109. The summed E-state index contributed by atoms with van der Waals surface area (Å²) in [5.41, 5.74) is 11.9. The van der Waals surface area contributed by atoms with Crippen LogP contribution >= 0.6 is 25.8 Å². The van der Waals surface area contributed by atoms with Crippen LogP contribution in [0.15, 0.2) is 23.8 Å². The lowest BCUT2D eigenvalue weighted by Crippen LogP contribution is -2.32. The molecule has 0 saturated carbocycles. The summed E-state index contributed by atoms with van der Waals surface area (Å²) in [7, 11) is 1.18. The molecule has 0 spiro atoms. The molecule has 0 amide bonds. The number of imidazole rings is 2. The standard InChI is InChI=1S/C22H30N10O11P2S2/c1-38-44(36,46)40-5-12-9(3-33)10(20(41-12)32-19-15(30-22(32)35)17(24)26-7-28-19)4-39-45(37,47)43-13-2-11(34)21(42-13)31-8-29-14-16(23)25-6-27-18(14)31/h6-13,20-21,33-34H,2-5H2,1H3,(H,30,35)(H,36,46)(H,37,47)(H2,23,25,27)(H2,24,26,28)/t9-,10?,11-,12+,13+,20+,21+,44?,45?/m0/s1. The third-order valence-corrected chi connectivity index (χ3v) is 11.0. The number of nitrogens with zero attached hydrogens (tertiary/aromatic N) is 7. The second-order valence-corrected chi connectivity index (χ2v) is 16.3. The van der Waals surface area contributed by atoms with Crippen molar-refractivity contribution in [3.63, 3.8) is 0 Å². The van der Waals surface area contributed by atoms with Gasteiger partial charge in [-0.2, -0.15) is 0 Å². The van der Waals surface area contributed by atoms with Gasteiger partial charge >= 0.3 is 19.2 Å². The van der Waals surface area contributed by atoms with E-state index in [9.17, 15) is 24.5 Å². The maximum Gasteiger partial charge on any atom is 0.388 e. The van der Waals surface area contributed by atoms with Crippen molar-refractivity contribution in [2.45, 2.75) is 37.4 Å². The number of nitrogens with two attached hydrogens (primary N) is 2. The summed E-state index contributed by atoms with van der Waals surface area (Å²) in [6.45, 7) is -9.16. The van der Waals surface area contributed by atoms with Crippen LogP contribution in [0.4, 0.5) is 11.6 Å². The molecule has 25 heteroatoms. The maximum absolute atomic E-state index is 13.5. The Hall–Kier alpha value is -2.63. The molecule has 3 unspecified atom stereocenters. The third-order valence-electron chi connectivity index (χ3n) is 7.74. The second kappa shape index (κ2) is 13.3. The summed E-state index contributed by atoms with van der Waals surface area (Å²) in [5, 5.41) is 21.1. The quantitative estimate of drug-likeness (QED) is 0.0732. The Labute approximate surface area is 274 Å². The van der Waals surface area contributed by atoms with Crippen LogP contribution in [0.3, 0.4) is 0 Å². The first-order chi connectivity index (χ1) is 22.3. The van der Waals surface area contributed by atoms with Crippen molar-refractivity contribution in [1.82, 2.24) is 39.0 Å². The minimum atomic E-state index is -4.25. The summed E-state index contributed by atoms with van der Waals surface area (Å²) in [6, 6.07) is 0. The number of aliphatic hydroxyl groups is 2. The van der Waals surface area contributed by atoms with Gasteiger partial charge in [0.25, 0.3) is 0 Å². The predicted octanol–water partition coefficient (Wildman–Crippen LogP) is -0.197. The van der Waals surface area contributed by atoms with Crippen LogP contribution in [0.5, 0.6) is 0 Å². The van der Waals surface area contributed by atoms with Crippen LogP contribution in [-0.2, 0) is 43.9 Å². The van der Waals surface area contributed by atoms with Gasteiger partial charge in [0.05, 0.1) is 25.6 Å². The van der Waals surface area contributed by atoms with E-state index in [4.69, 9.17) is 50.8 Å². The lowest BCUT2D eigenvalue weighted by Gasteiger charge is -2.25. The van der Waals surface area contributed by atoms with Gasteiger partial charge in [-0.3, -0.25) is 9.09 Å². The van der Waals surface area contributed by atoms with Gasteiger partial charge in [0.15, 0.2) is 35.4 Å². The van der Waals surface area contributed by atoms with Crippen LogP contribution in [0.25, 0.3) is 22.3 Å². The van der Waals surface area contributed by atoms with Crippen LogP contribution in [0.1, 0.15) is 18.9 Å². The van der Waals surface area contributed by atoms with Crippen LogP contribution < -0.4 is 17.2 Å². The molecule has 47 heavy (non-hydrogen) atoms. The number of aromatic nitrogens is 8. The van der Waals surface area contributed by atoms with Crippen molar-refractivity contribution in [2.75, 3.05) is 38.4 Å². The first-order valence-corrected chi connectivity index (χ1v) is 19.0. The van der Waals surface area contributed by atoms with Crippen molar-refractivity contribution in [2.24, 2.45) is 11.8 Å². The van der Waals surface area contributed by atoms with Crippen LogP contribution in [0, 0.1) is 11.8 Å². The number of aromatic amines is 1. The molecule has 2 saturated heterocycles. The molecule has 2 fully saturated rings. The van der Waals surface area contributed by atoms with Gasteiger partial charge in [0.1, 0.15) is 36.0 Å². The molecule has 2 aliphatic rings. The Balaban J connectivity index is 1.21. The van der Waals surface area contributed by atoms with Gasteiger partial charge in [-0.15, -0.1) is 0 Å². The zero-order valence-corrected chi connectivity index (χ0v) is 27.7. The fourth-order valence-corrected chi connectivity index (χ4v) is 7.50. The van der Waals surface area contributed by atoms with E-state index in [1.807, 2.05) is 0 Å². The highest BCUT2D eigenvalue weighted by atomic mass is 32.7. The van der Waals surface area contributed by atoms with E-state index in [1.165, 1.54) is 24.3 Å². The molecule has 8 N–H and O–H groups in total. The molecule has 6 heterocycles. The van der Waals surface area contributed by atoms with E-state index in [0.29, 0.717) is 11.2 Å².